The molecule has 3 aromatic rings. The predicted molar refractivity (Wildman–Crippen MR) is 84.7 cm³/mol. The molecule has 2 heterocycles. The van der Waals surface area contributed by atoms with Gasteiger partial charge < -0.3 is 5.32 Å². The third kappa shape index (κ3) is 2.35. The second kappa shape index (κ2) is 5.09. The molecule has 5 nitrogen and oxygen atoms in total. The van der Waals surface area contributed by atoms with Gasteiger partial charge in [-0.25, -0.2) is 9.50 Å². The highest BCUT2D eigenvalue weighted by molar-refractivity contribution is 6.42. The van der Waals surface area contributed by atoms with Crippen LogP contribution in [0.15, 0.2) is 12.1 Å². The van der Waals surface area contributed by atoms with Crippen molar-refractivity contribution in [2.45, 2.75) is 19.9 Å². The van der Waals surface area contributed by atoms with Crippen LogP contribution >= 0.6 is 34.8 Å². The monoisotopic (exact) mass is 344 g/mol. The summed E-state index contributed by atoms with van der Waals surface area (Å²) < 4.78 is 1.62. The number of amides is 1. The summed E-state index contributed by atoms with van der Waals surface area (Å²) in [7, 11) is 0. The predicted octanol–water partition coefficient (Wildman–Crippen LogP) is 3.91. The van der Waals surface area contributed by atoms with Crippen molar-refractivity contribution in [3.05, 3.63) is 32.9 Å². The smallest absolute Gasteiger partial charge is 0.271 e. The summed E-state index contributed by atoms with van der Waals surface area (Å²) >= 11 is 18.2. The highest BCUT2D eigenvalue weighted by Gasteiger charge is 2.20. The zero-order valence-electron chi connectivity index (χ0n) is 11.2. The molecule has 2 N–H and O–H groups in total. The lowest BCUT2D eigenvalue weighted by Gasteiger charge is -2.06. The van der Waals surface area contributed by atoms with Crippen LogP contribution in [0.25, 0.3) is 16.7 Å². The van der Waals surface area contributed by atoms with E-state index >= 15 is 0 Å². The first-order chi connectivity index (χ1) is 9.88. The highest BCUT2D eigenvalue weighted by atomic mass is 35.5. The average Bonchev–Trinajstić information content (AvgIpc) is 2.88. The zero-order chi connectivity index (χ0) is 15.3. The summed E-state index contributed by atoms with van der Waals surface area (Å²) in [4.78, 5) is 16.5. The molecule has 0 aliphatic heterocycles. The summed E-state index contributed by atoms with van der Waals surface area (Å²) in [5.74, 6) is -0.284. The first-order valence-electron chi connectivity index (χ1n) is 6.24. The number of aromatic amines is 1. The number of H-pyrrole nitrogens is 1. The third-order valence-electron chi connectivity index (χ3n) is 2.98. The van der Waals surface area contributed by atoms with Gasteiger partial charge in [-0.05, 0) is 26.0 Å². The number of carbonyl (C=O) groups excluding carboxylic acids is 1. The number of fused-ring (bicyclic) bond motifs is 3. The Balaban J connectivity index is 2.21. The van der Waals surface area contributed by atoms with Gasteiger partial charge in [0, 0.05) is 6.04 Å². The number of nitrogens with zero attached hydrogens (tertiary/aromatic N) is 2. The van der Waals surface area contributed by atoms with E-state index in [1.165, 1.54) is 0 Å². The Morgan fingerprint density at radius 3 is 2.62 bits per heavy atom. The number of hydrogen-bond donors (Lipinski definition) is 2. The van der Waals surface area contributed by atoms with Crippen LogP contribution in [0.5, 0.6) is 0 Å². The fraction of sp³-hybridized carbons (Fsp3) is 0.231. The van der Waals surface area contributed by atoms with Crippen molar-refractivity contribution >= 4 is 57.4 Å². The zero-order valence-corrected chi connectivity index (χ0v) is 13.4. The molecule has 0 saturated heterocycles. The Morgan fingerprint density at radius 2 is 1.95 bits per heavy atom. The largest absolute Gasteiger partial charge is 0.349 e. The highest BCUT2D eigenvalue weighted by Crippen LogP contribution is 2.31. The van der Waals surface area contributed by atoms with E-state index in [1.54, 1.807) is 16.6 Å². The van der Waals surface area contributed by atoms with Gasteiger partial charge in [-0.3, -0.25) is 9.89 Å². The van der Waals surface area contributed by atoms with Crippen LogP contribution in [0.2, 0.25) is 15.1 Å². The summed E-state index contributed by atoms with van der Waals surface area (Å²) in [5, 5.41) is 6.81. The van der Waals surface area contributed by atoms with Crippen LogP contribution in [-0.4, -0.2) is 26.5 Å². The van der Waals surface area contributed by atoms with Crippen LogP contribution in [0, 0.1) is 0 Å². The molecule has 0 saturated carbocycles. The Kier molecular flexibility index (Phi) is 3.51. The molecule has 0 spiro atoms. The number of rotatable bonds is 2. The van der Waals surface area contributed by atoms with E-state index < -0.39 is 0 Å². The van der Waals surface area contributed by atoms with E-state index in [2.05, 4.69) is 15.4 Å². The Labute approximate surface area is 135 Å². The molecule has 0 bridgehead atoms. The lowest BCUT2D eigenvalue weighted by Crippen LogP contribution is -2.30. The van der Waals surface area contributed by atoms with Gasteiger partial charge in [-0.15, -0.1) is 0 Å². The normalized spacial score (nSPS) is 11.7. The first-order valence-corrected chi connectivity index (χ1v) is 7.37. The second-order valence-corrected chi connectivity index (χ2v) is 6.15. The number of carbonyl (C=O) groups is 1. The van der Waals surface area contributed by atoms with E-state index in [-0.39, 0.29) is 22.7 Å². The lowest BCUT2D eigenvalue weighted by atomic mass is 10.3. The standard InChI is InChI=1S/C13H11Cl3N4O/c1-5(2)17-13(21)11-10(16)12-18-8-3-6(14)7(15)4-9(8)20(12)19-11/h3-5,19H,1-2H3,(H,17,21). The van der Waals surface area contributed by atoms with E-state index in [9.17, 15) is 4.79 Å². The summed E-state index contributed by atoms with van der Waals surface area (Å²) in [6.45, 7) is 3.74. The van der Waals surface area contributed by atoms with Gasteiger partial charge in [0.05, 0.1) is 21.1 Å². The Morgan fingerprint density at radius 1 is 1.29 bits per heavy atom. The molecule has 8 heteroatoms. The minimum atomic E-state index is -0.284. The molecule has 0 aliphatic carbocycles. The number of imidazole rings is 1. The van der Waals surface area contributed by atoms with Crippen molar-refractivity contribution in [3.63, 3.8) is 0 Å². The summed E-state index contributed by atoms with van der Waals surface area (Å²) in [6.07, 6.45) is 0. The molecule has 0 aliphatic rings. The van der Waals surface area contributed by atoms with E-state index in [4.69, 9.17) is 34.8 Å². The maximum Gasteiger partial charge on any atom is 0.271 e. The van der Waals surface area contributed by atoms with Gasteiger partial charge >= 0.3 is 0 Å². The number of nitrogens with one attached hydrogen (secondary N) is 2. The van der Waals surface area contributed by atoms with Crippen molar-refractivity contribution in [1.29, 1.82) is 0 Å². The molecule has 3 rings (SSSR count). The number of aromatic nitrogens is 3. The minimum Gasteiger partial charge on any atom is -0.349 e. The molecule has 0 unspecified atom stereocenters. The molecule has 110 valence electrons. The van der Waals surface area contributed by atoms with Gasteiger partial charge in [0.2, 0.25) is 0 Å². The Bertz CT molecular complexity index is 865. The van der Waals surface area contributed by atoms with E-state index in [0.29, 0.717) is 26.7 Å². The van der Waals surface area contributed by atoms with Crippen LogP contribution in [0.1, 0.15) is 24.3 Å². The molecule has 21 heavy (non-hydrogen) atoms. The molecule has 0 atom stereocenters. The quantitative estimate of drug-likeness (QED) is 0.739. The van der Waals surface area contributed by atoms with Crippen LogP contribution in [0.4, 0.5) is 0 Å². The van der Waals surface area contributed by atoms with Gasteiger partial charge in [0.15, 0.2) is 5.65 Å². The SMILES string of the molecule is CC(C)NC(=O)c1[nH]n2c(nc3cc(Cl)c(Cl)cc32)c1Cl. The maximum absolute atomic E-state index is 12.1. The van der Waals surface area contributed by atoms with Crippen LogP contribution < -0.4 is 5.32 Å². The number of benzene rings is 1. The number of halogens is 3. The van der Waals surface area contributed by atoms with E-state index in [0.717, 1.165) is 0 Å². The van der Waals surface area contributed by atoms with Crippen molar-refractivity contribution < 1.29 is 4.79 Å². The lowest BCUT2D eigenvalue weighted by molar-refractivity contribution is 0.0938. The molecule has 2 aromatic heterocycles. The molecular formula is C13H11Cl3N4O. The molecule has 0 radical (unpaired) electrons. The Hall–Kier alpha value is -1.43. The van der Waals surface area contributed by atoms with Gasteiger partial charge in [-0.2, -0.15) is 0 Å². The summed E-state index contributed by atoms with van der Waals surface area (Å²) in [6, 6.07) is 3.34. The van der Waals surface area contributed by atoms with Crippen molar-refractivity contribution in [1.82, 2.24) is 19.9 Å². The van der Waals surface area contributed by atoms with E-state index in [1.807, 2.05) is 13.8 Å². The van der Waals surface area contributed by atoms with Crippen LogP contribution in [0.3, 0.4) is 0 Å². The van der Waals surface area contributed by atoms with Crippen molar-refractivity contribution in [3.8, 4) is 0 Å². The second-order valence-electron chi connectivity index (χ2n) is 4.95. The maximum atomic E-state index is 12.1. The third-order valence-corrected chi connectivity index (χ3v) is 4.06. The van der Waals surface area contributed by atoms with Crippen molar-refractivity contribution in [2.24, 2.45) is 0 Å². The fourth-order valence-corrected chi connectivity index (χ4v) is 2.66. The average molecular weight is 346 g/mol. The molecule has 1 aromatic carbocycles. The first kappa shape index (κ1) is 14.5. The summed E-state index contributed by atoms with van der Waals surface area (Å²) in [5.41, 5.74) is 2.07. The molecule has 0 fully saturated rings. The van der Waals surface area contributed by atoms with Crippen molar-refractivity contribution in [2.75, 3.05) is 0 Å². The van der Waals surface area contributed by atoms with Gasteiger partial charge in [-0.1, -0.05) is 34.8 Å². The molecular weight excluding hydrogens is 335 g/mol. The van der Waals surface area contributed by atoms with Gasteiger partial charge in [0.25, 0.3) is 5.91 Å². The molecule has 1 amide bonds. The number of hydrogen-bond acceptors (Lipinski definition) is 2. The van der Waals surface area contributed by atoms with Crippen LogP contribution in [-0.2, 0) is 0 Å². The fourth-order valence-electron chi connectivity index (χ4n) is 2.09. The topological polar surface area (TPSA) is 62.2 Å². The van der Waals surface area contributed by atoms with Gasteiger partial charge in [0.1, 0.15) is 10.7 Å². The minimum absolute atomic E-state index is 0.00850.